The maximum Gasteiger partial charge on any atom is 0.472 e. The SMILES string of the molecule is [B]C1CC(OC(C)C)C(COP(=O)(O)OC2CC([B])OC2(CN=[N+]=[N-])COC(C)C)O1. The van der Waals surface area contributed by atoms with Crippen molar-refractivity contribution in [2.75, 3.05) is 19.8 Å². The summed E-state index contributed by atoms with van der Waals surface area (Å²) in [5.74, 6) is 0. The second kappa shape index (κ2) is 11.5. The highest BCUT2D eigenvalue weighted by atomic mass is 31.2. The summed E-state index contributed by atoms with van der Waals surface area (Å²) >= 11 is 0. The largest absolute Gasteiger partial charge is 0.472 e. The molecule has 172 valence electrons. The van der Waals surface area contributed by atoms with E-state index in [1.807, 2.05) is 27.7 Å². The lowest BCUT2D eigenvalue weighted by atomic mass is 9.92. The van der Waals surface area contributed by atoms with E-state index in [0.29, 0.717) is 6.42 Å². The van der Waals surface area contributed by atoms with Crippen LogP contribution in [0.3, 0.4) is 0 Å². The summed E-state index contributed by atoms with van der Waals surface area (Å²) in [6, 6.07) is -1.35. The first kappa shape index (κ1) is 26.6. The fourth-order valence-corrected chi connectivity index (χ4v) is 4.50. The minimum atomic E-state index is -4.56. The molecule has 0 aromatic rings. The number of rotatable bonds is 12. The van der Waals surface area contributed by atoms with Crippen molar-refractivity contribution in [1.82, 2.24) is 0 Å². The van der Waals surface area contributed by atoms with Gasteiger partial charge in [0.25, 0.3) is 0 Å². The average Bonchev–Trinajstić information content (AvgIpc) is 3.15. The molecule has 14 heteroatoms. The highest BCUT2D eigenvalue weighted by Gasteiger charge is 2.51. The van der Waals surface area contributed by atoms with Gasteiger partial charge in [0.2, 0.25) is 0 Å². The Bertz CT molecular complexity index is 684. The first-order valence-corrected chi connectivity index (χ1v) is 11.7. The van der Waals surface area contributed by atoms with Gasteiger partial charge in [-0.3, -0.25) is 9.05 Å². The molecule has 11 nitrogen and oxygen atoms in total. The van der Waals surface area contributed by atoms with E-state index in [0.717, 1.165) is 0 Å². The molecular formula is C17H30B2N3O8P. The second-order valence-electron chi connectivity index (χ2n) is 8.24. The van der Waals surface area contributed by atoms with Gasteiger partial charge in [-0.25, -0.2) is 4.57 Å². The summed E-state index contributed by atoms with van der Waals surface area (Å²) in [5.41, 5.74) is 7.42. The van der Waals surface area contributed by atoms with E-state index in [1.165, 1.54) is 0 Å². The van der Waals surface area contributed by atoms with Gasteiger partial charge in [0, 0.05) is 16.9 Å². The van der Waals surface area contributed by atoms with Gasteiger partial charge in [0.05, 0.1) is 38.1 Å². The molecule has 2 aliphatic heterocycles. The smallest absolute Gasteiger partial charge is 0.380 e. The Morgan fingerprint density at radius 1 is 1.26 bits per heavy atom. The quantitative estimate of drug-likeness (QED) is 0.154. The van der Waals surface area contributed by atoms with Crippen LogP contribution in [0.2, 0.25) is 0 Å². The average molecular weight is 457 g/mol. The highest BCUT2D eigenvalue weighted by molar-refractivity contribution is 7.47. The standard InChI is InChI=1S/C17H30B2N3O8P/c1-10(2)25-9-17(8-21-22-20)14(6-16(19)29-17)30-31(23,24)26-7-13-12(27-11(3)4)5-15(18)28-13/h10-16H,5-9H2,1-4H3,(H,23,24). The molecule has 7 atom stereocenters. The first-order chi connectivity index (χ1) is 14.5. The maximum atomic E-state index is 12.7. The van der Waals surface area contributed by atoms with Gasteiger partial charge >= 0.3 is 7.82 Å². The Morgan fingerprint density at radius 2 is 1.97 bits per heavy atom. The van der Waals surface area contributed by atoms with E-state index in [9.17, 15) is 9.46 Å². The molecule has 4 radical (unpaired) electrons. The van der Waals surface area contributed by atoms with Crippen LogP contribution < -0.4 is 0 Å². The van der Waals surface area contributed by atoms with E-state index >= 15 is 0 Å². The van der Waals surface area contributed by atoms with E-state index in [4.69, 9.17) is 49.2 Å². The van der Waals surface area contributed by atoms with Gasteiger partial charge in [-0.2, -0.15) is 0 Å². The molecular weight excluding hydrogens is 427 g/mol. The van der Waals surface area contributed by atoms with Crippen LogP contribution in [0.5, 0.6) is 0 Å². The normalized spacial score (nSPS) is 35.4. The van der Waals surface area contributed by atoms with Crippen LogP contribution in [0.25, 0.3) is 10.4 Å². The van der Waals surface area contributed by atoms with Crippen molar-refractivity contribution >= 4 is 23.5 Å². The minimum absolute atomic E-state index is 0.0487. The van der Waals surface area contributed by atoms with Crippen molar-refractivity contribution < 1.29 is 37.5 Å². The summed E-state index contributed by atoms with van der Waals surface area (Å²) in [7, 11) is 7.15. The zero-order chi connectivity index (χ0) is 23.2. The Hall–Kier alpha value is -0.610. The van der Waals surface area contributed by atoms with Crippen LogP contribution in [-0.4, -0.2) is 88.5 Å². The summed E-state index contributed by atoms with van der Waals surface area (Å²) < 4.78 is 45.9. The fourth-order valence-electron chi connectivity index (χ4n) is 3.51. The molecule has 2 fully saturated rings. The molecule has 0 bridgehead atoms. The third-order valence-electron chi connectivity index (χ3n) is 4.82. The number of nitrogens with zero attached hydrogens (tertiary/aromatic N) is 3. The third-order valence-corrected chi connectivity index (χ3v) is 5.82. The molecule has 0 aromatic carbocycles. The summed E-state index contributed by atoms with van der Waals surface area (Å²) in [6.07, 6.45) is -1.71. The van der Waals surface area contributed by atoms with Crippen LogP contribution in [0.4, 0.5) is 0 Å². The van der Waals surface area contributed by atoms with Crippen LogP contribution in [-0.2, 0) is 32.6 Å². The van der Waals surface area contributed by atoms with Crippen molar-refractivity contribution in [3.63, 3.8) is 0 Å². The number of hydrogen-bond donors (Lipinski definition) is 1. The van der Waals surface area contributed by atoms with Gasteiger partial charge in [0.1, 0.15) is 33.5 Å². The van der Waals surface area contributed by atoms with Crippen molar-refractivity contribution in [3.05, 3.63) is 10.4 Å². The number of azide groups is 1. The lowest BCUT2D eigenvalue weighted by molar-refractivity contribution is -0.118. The second-order valence-corrected chi connectivity index (χ2v) is 9.64. The van der Waals surface area contributed by atoms with E-state index in [-0.39, 0.29) is 44.5 Å². The molecule has 0 spiro atoms. The van der Waals surface area contributed by atoms with Gasteiger partial charge in [-0.05, 0) is 46.1 Å². The van der Waals surface area contributed by atoms with Gasteiger partial charge in [0.15, 0.2) is 0 Å². The molecule has 0 amide bonds. The Morgan fingerprint density at radius 3 is 2.58 bits per heavy atom. The summed E-state index contributed by atoms with van der Waals surface area (Å²) in [4.78, 5) is 13.1. The number of ether oxygens (including phenoxy) is 4. The number of phosphoric acid groups is 1. The van der Waals surface area contributed by atoms with Crippen LogP contribution in [0.15, 0.2) is 5.11 Å². The first-order valence-electron chi connectivity index (χ1n) is 10.2. The molecule has 7 unspecified atom stereocenters. The van der Waals surface area contributed by atoms with Crippen LogP contribution in [0.1, 0.15) is 40.5 Å². The molecule has 0 aromatic heterocycles. The van der Waals surface area contributed by atoms with Crippen molar-refractivity contribution in [2.45, 2.75) is 88.7 Å². The topological polar surface area (TPSA) is 141 Å². The molecule has 2 saturated heterocycles. The predicted molar refractivity (Wildman–Crippen MR) is 113 cm³/mol. The van der Waals surface area contributed by atoms with E-state index in [1.54, 1.807) is 0 Å². The molecule has 1 N–H and O–H groups in total. The lowest BCUT2D eigenvalue weighted by Gasteiger charge is -2.34. The van der Waals surface area contributed by atoms with Gasteiger partial charge in [-0.1, -0.05) is 5.11 Å². The van der Waals surface area contributed by atoms with Crippen molar-refractivity contribution in [2.24, 2.45) is 5.11 Å². The number of phosphoric ester groups is 1. The van der Waals surface area contributed by atoms with E-state index in [2.05, 4.69) is 10.0 Å². The van der Waals surface area contributed by atoms with Gasteiger partial charge in [-0.15, -0.1) is 0 Å². The van der Waals surface area contributed by atoms with Crippen LogP contribution in [0, 0.1) is 0 Å². The molecule has 0 saturated carbocycles. The predicted octanol–water partition coefficient (Wildman–Crippen LogP) is 1.95. The molecule has 2 rings (SSSR count). The van der Waals surface area contributed by atoms with E-state index < -0.39 is 37.6 Å². The molecule has 2 heterocycles. The van der Waals surface area contributed by atoms with Crippen LogP contribution >= 0.6 is 7.82 Å². The van der Waals surface area contributed by atoms with Gasteiger partial charge < -0.3 is 23.8 Å². The fraction of sp³-hybridized carbons (Fsp3) is 1.00. The van der Waals surface area contributed by atoms with Crippen molar-refractivity contribution in [3.8, 4) is 0 Å². The maximum absolute atomic E-state index is 12.7. The van der Waals surface area contributed by atoms with Crippen molar-refractivity contribution in [1.29, 1.82) is 0 Å². The number of hydrogen-bond acceptors (Lipinski definition) is 8. The highest BCUT2D eigenvalue weighted by Crippen LogP contribution is 2.50. The Balaban J connectivity index is 2.06. The summed E-state index contributed by atoms with van der Waals surface area (Å²) in [6.45, 7) is 6.86. The molecule has 31 heavy (non-hydrogen) atoms. The zero-order valence-corrected chi connectivity index (χ0v) is 19.2. The lowest BCUT2D eigenvalue weighted by Crippen LogP contribution is -2.48. The Labute approximate surface area is 185 Å². The Kier molecular flexibility index (Phi) is 9.88. The molecule has 0 aliphatic carbocycles. The monoisotopic (exact) mass is 457 g/mol. The minimum Gasteiger partial charge on any atom is -0.380 e. The summed E-state index contributed by atoms with van der Waals surface area (Å²) in [5, 5.41) is 3.55. The zero-order valence-electron chi connectivity index (χ0n) is 18.3. The third kappa shape index (κ3) is 8.03. The molecule has 2 aliphatic rings.